The molecule has 0 bridgehead atoms. The van der Waals surface area contributed by atoms with Crippen LogP contribution >= 0.6 is 11.6 Å². The number of aromatic nitrogens is 2. The second-order valence-corrected chi connectivity index (χ2v) is 7.87. The van der Waals surface area contributed by atoms with Gasteiger partial charge in [0.05, 0.1) is 36.2 Å². The van der Waals surface area contributed by atoms with Crippen molar-refractivity contribution in [1.82, 2.24) is 19.8 Å². The molecule has 0 spiro atoms. The minimum absolute atomic E-state index is 0.000447. The van der Waals surface area contributed by atoms with Crippen LogP contribution in [-0.4, -0.2) is 66.3 Å². The topological polar surface area (TPSA) is 71.4 Å². The lowest BCUT2D eigenvalue weighted by atomic mass is 10.2. The number of rotatable bonds is 8. The quantitative estimate of drug-likeness (QED) is 0.508. The van der Waals surface area contributed by atoms with Crippen LogP contribution in [0.25, 0.3) is 16.9 Å². The number of nitrogens with one attached hydrogen (secondary N) is 2. The van der Waals surface area contributed by atoms with Gasteiger partial charge in [-0.15, -0.1) is 0 Å². The van der Waals surface area contributed by atoms with Crippen LogP contribution in [0.4, 0.5) is 10.3 Å². The molecular weight excluding hydrogens is 433 g/mol. The molecule has 1 amide bonds. The average Bonchev–Trinajstić information content (AvgIpc) is 3.23. The standard InChI is InChI=1S/C23H25ClFN5O2/c24-19-14-18(6-7-20(19)25)30-16-21(17-4-2-1-3-5-17)27-23(30)28-22(31)15-26-8-9-29-10-12-32-13-11-29/h1-7,14,16,26H,8-13,15H2,(H,27,28,31). The smallest absolute Gasteiger partial charge is 0.240 e. The molecule has 0 saturated carbocycles. The van der Waals surface area contributed by atoms with Crippen molar-refractivity contribution in [1.29, 1.82) is 0 Å². The summed E-state index contributed by atoms with van der Waals surface area (Å²) in [6, 6.07) is 14.0. The van der Waals surface area contributed by atoms with Crippen LogP contribution in [-0.2, 0) is 9.53 Å². The second kappa shape index (κ2) is 10.7. The van der Waals surface area contributed by atoms with Crippen LogP contribution in [0.5, 0.6) is 0 Å². The number of ether oxygens (including phenoxy) is 1. The normalized spacial score (nSPS) is 14.4. The number of amides is 1. The molecule has 2 N–H and O–H groups in total. The van der Waals surface area contributed by atoms with E-state index in [-0.39, 0.29) is 17.5 Å². The van der Waals surface area contributed by atoms with E-state index in [1.165, 1.54) is 12.1 Å². The van der Waals surface area contributed by atoms with Gasteiger partial charge in [-0.25, -0.2) is 9.37 Å². The summed E-state index contributed by atoms with van der Waals surface area (Å²) in [5.41, 5.74) is 2.18. The number of anilines is 1. The average molecular weight is 458 g/mol. The highest BCUT2D eigenvalue weighted by molar-refractivity contribution is 6.30. The molecule has 4 rings (SSSR count). The van der Waals surface area contributed by atoms with Gasteiger partial charge in [0.15, 0.2) is 0 Å². The molecule has 3 aromatic rings. The van der Waals surface area contributed by atoms with Crippen molar-refractivity contribution in [2.75, 3.05) is 51.3 Å². The molecular formula is C23H25ClFN5O2. The fourth-order valence-electron chi connectivity index (χ4n) is 3.48. The Bertz CT molecular complexity index is 1050. The number of nitrogens with zero attached hydrogens (tertiary/aromatic N) is 3. The van der Waals surface area contributed by atoms with E-state index in [1.807, 2.05) is 30.3 Å². The van der Waals surface area contributed by atoms with Crippen molar-refractivity contribution in [3.8, 4) is 16.9 Å². The summed E-state index contributed by atoms with van der Waals surface area (Å²) in [6.07, 6.45) is 1.79. The maximum absolute atomic E-state index is 13.7. The van der Waals surface area contributed by atoms with Crippen LogP contribution in [0.3, 0.4) is 0 Å². The van der Waals surface area contributed by atoms with Gasteiger partial charge < -0.3 is 10.1 Å². The van der Waals surface area contributed by atoms with Crippen LogP contribution in [0.15, 0.2) is 54.7 Å². The number of morpholine rings is 1. The summed E-state index contributed by atoms with van der Waals surface area (Å²) in [5, 5.41) is 6.02. The number of hydrogen-bond acceptors (Lipinski definition) is 5. The first-order valence-corrected chi connectivity index (χ1v) is 10.9. The number of hydrogen-bond donors (Lipinski definition) is 2. The van der Waals surface area contributed by atoms with E-state index >= 15 is 0 Å². The first-order valence-electron chi connectivity index (χ1n) is 10.5. The lowest BCUT2D eigenvalue weighted by Crippen LogP contribution is -2.41. The summed E-state index contributed by atoms with van der Waals surface area (Å²) in [4.78, 5) is 19.5. The van der Waals surface area contributed by atoms with Crippen molar-refractivity contribution in [2.45, 2.75) is 0 Å². The molecule has 2 heterocycles. The maximum Gasteiger partial charge on any atom is 0.240 e. The van der Waals surface area contributed by atoms with Gasteiger partial charge in [0.1, 0.15) is 5.82 Å². The Hall–Kier alpha value is -2.78. The fraction of sp³-hybridized carbons (Fsp3) is 0.304. The minimum Gasteiger partial charge on any atom is -0.379 e. The van der Waals surface area contributed by atoms with Crippen molar-refractivity contribution in [2.24, 2.45) is 0 Å². The van der Waals surface area contributed by atoms with Crippen molar-refractivity contribution in [3.63, 3.8) is 0 Å². The Morgan fingerprint density at radius 1 is 1.16 bits per heavy atom. The van der Waals surface area contributed by atoms with Crippen molar-refractivity contribution >= 4 is 23.5 Å². The monoisotopic (exact) mass is 457 g/mol. The summed E-state index contributed by atoms with van der Waals surface area (Å²) in [7, 11) is 0. The Kier molecular flexibility index (Phi) is 7.49. The third-order valence-electron chi connectivity index (χ3n) is 5.20. The maximum atomic E-state index is 13.7. The number of carbonyl (C=O) groups excluding carboxylic acids is 1. The zero-order chi connectivity index (χ0) is 22.3. The Morgan fingerprint density at radius 3 is 2.69 bits per heavy atom. The molecule has 1 saturated heterocycles. The van der Waals surface area contributed by atoms with E-state index in [0.717, 1.165) is 38.4 Å². The lowest BCUT2D eigenvalue weighted by Gasteiger charge is -2.26. The lowest BCUT2D eigenvalue weighted by molar-refractivity contribution is -0.115. The van der Waals surface area contributed by atoms with E-state index in [1.54, 1.807) is 16.8 Å². The van der Waals surface area contributed by atoms with Crippen LogP contribution in [0.1, 0.15) is 0 Å². The van der Waals surface area contributed by atoms with E-state index in [9.17, 15) is 9.18 Å². The molecule has 1 aliphatic heterocycles. The number of imidazole rings is 1. The Morgan fingerprint density at radius 2 is 1.94 bits per heavy atom. The zero-order valence-electron chi connectivity index (χ0n) is 17.6. The van der Waals surface area contributed by atoms with Crippen molar-refractivity contribution < 1.29 is 13.9 Å². The zero-order valence-corrected chi connectivity index (χ0v) is 18.3. The van der Waals surface area contributed by atoms with Gasteiger partial charge in [-0.05, 0) is 18.2 Å². The van der Waals surface area contributed by atoms with Crippen molar-refractivity contribution in [3.05, 3.63) is 65.6 Å². The fourth-order valence-corrected chi connectivity index (χ4v) is 3.66. The predicted molar refractivity (Wildman–Crippen MR) is 123 cm³/mol. The van der Waals surface area contributed by atoms with Crippen LogP contribution in [0, 0.1) is 5.82 Å². The predicted octanol–water partition coefficient (Wildman–Crippen LogP) is 3.19. The molecule has 1 aromatic heterocycles. The molecule has 1 aliphatic rings. The largest absolute Gasteiger partial charge is 0.379 e. The first kappa shape index (κ1) is 22.4. The first-order chi connectivity index (χ1) is 15.6. The minimum atomic E-state index is -0.506. The van der Waals surface area contributed by atoms with Crippen LogP contribution < -0.4 is 10.6 Å². The number of benzene rings is 2. The van der Waals surface area contributed by atoms with Gasteiger partial charge in [-0.2, -0.15) is 0 Å². The number of halogens is 2. The van der Waals surface area contributed by atoms with Gasteiger partial charge in [0.2, 0.25) is 11.9 Å². The van der Waals surface area contributed by atoms with E-state index in [4.69, 9.17) is 16.3 Å². The molecule has 9 heteroatoms. The van der Waals surface area contributed by atoms with Crippen LogP contribution in [0.2, 0.25) is 5.02 Å². The molecule has 7 nitrogen and oxygen atoms in total. The molecule has 0 aliphatic carbocycles. The van der Waals surface area contributed by atoms with Gasteiger partial charge in [-0.3, -0.25) is 19.6 Å². The molecule has 32 heavy (non-hydrogen) atoms. The second-order valence-electron chi connectivity index (χ2n) is 7.46. The molecule has 168 valence electrons. The van der Waals surface area contributed by atoms with E-state index in [2.05, 4.69) is 20.5 Å². The molecule has 2 aromatic carbocycles. The summed E-state index contributed by atoms with van der Waals surface area (Å²) in [5.74, 6) is -0.382. The number of carbonyl (C=O) groups is 1. The summed E-state index contributed by atoms with van der Waals surface area (Å²) < 4.78 is 20.7. The molecule has 0 unspecified atom stereocenters. The third-order valence-corrected chi connectivity index (χ3v) is 5.49. The molecule has 1 fully saturated rings. The Balaban J connectivity index is 1.45. The Labute approximate surface area is 191 Å². The van der Waals surface area contributed by atoms with Gasteiger partial charge >= 0.3 is 0 Å². The van der Waals surface area contributed by atoms with E-state index in [0.29, 0.717) is 23.9 Å². The molecule has 0 radical (unpaired) electrons. The van der Waals surface area contributed by atoms with Gasteiger partial charge in [0, 0.05) is 37.9 Å². The highest BCUT2D eigenvalue weighted by Crippen LogP contribution is 2.26. The SMILES string of the molecule is O=C(CNCCN1CCOCC1)Nc1nc(-c2ccccc2)cn1-c1ccc(F)c(Cl)c1. The third kappa shape index (κ3) is 5.72. The summed E-state index contributed by atoms with van der Waals surface area (Å²) >= 11 is 5.98. The van der Waals surface area contributed by atoms with E-state index < -0.39 is 5.82 Å². The highest BCUT2D eigenvalue weighted by Gasteiger charge is 2.15. The highest BCUT2D eigenvalue weighted by atomic mass is 35.5. The summed E-state index contributed by atoms with van der Waals surface area (Å²) in [6.45, 7) is 5.03. The molecule has 0 atom stereocenters. The van der Waals surface area contributed by atoms with Gasteiger partial charge in [-0.1, -0.05) is 41.9 Å². The van der Waals surface area contributed by atoms with Gasteiger partial charge in [0.25, 0.3) is 0 Å².